The maximum absolute atomic E-state index is 13.0. The quantitative estimate of drug-likeness (QED) is 0.879. The Morgan fingerprint density at radius 3 is 2.53 bits per heavy atom. The molecule has 0 saturated carbocycles. The summed E-state index contributed by atoms with van der Waals surface area (Å²) in [7, 11) is 1.51. The lowest BCUT2D eigenvalue weighted by molar-refractivity contribution is 0.408. The molecule has 0 aromatic heterocycles. The SMILES string of the molecule is COc1cc(O)cc(-c2ccc(F)c(Cl)c2)c1. The zero-order valence-electron chi connectivity index (χ0n) is 9.08. The van der Waals surface area contributed by atoms with Crippen molar-refractivity contribution in [2.75, 3.05) is 7.11 Å². The third kappa shape index (κ3) is 2.50. The number of methoxy groups -OCH3 is 1. The number of aromatic hydroxyl groups is 1. The number of hydrogen-bond acceptors (Lipinski definition) is 2. The zero-order valence-corrected chi connectivity index (χ0v) is 9.83. The average Bonchev–Trinajstić information content (AvgIpc) is 2.32. The maximum atomic E-state index is 13.0. The maximum Gasteiger partial charge on any atom is 0.141 e. The molecule has 0 unspecified atom stereocenters. The Hall–Kier alpha value is -1.74. The molecule has 0 spiro atoms. The summed E-state index contributed by atoms with van der Waals surface area (Å²) < 4.78 is 18.1. The first-order valence-electron chi connectivity index (χ1n) is 4.93. The van der Waals surface area contributed by atoms with Crippen LogP contribution in [0.5, 0.6) is 11.5 Å². The van der Waals surface area contributed by atoms with Gasteiger partial charge in [-0.25, -0.2) is 4.39 Å². The Balaban J connectivity index is 2.52. The Kier molecular flexibility index (Phi) is 3.20. The van der Waals surface area contributed by atoms with Crippen molar-refractivity contribution in [2.24, 2.45) is 0 Å². The van der Waals surface area contributed by atoms with Gasteiger partial charge >= 0.3 is 0 Å². The molecule has 4 heteroatoms. The summed E-state index contributed by atoms with van der Waals surface area (Å²) in [6.45, 7) is 0. The van der Waals surface area contributed by atoms with Crippen molar-refractivity contribution in [3.63, 3.8) is 0 Å². The predicted octanol–water partition coefficient (Wildman–Crippen LogP) is 3.86. The smallest absolute Gasteiger partial charge is 0.141 e. The van der Waals surface area contributed by atoms with Crippen molar-refractivity contribution >= 4 is 11.6 Å². The van der Waals surface area contributed by atoms with Gasteiger partial charge in [0.05, 0.1) is 12.1 Å². The summed E-state index contributed by atoms with van der Waals surface area (Å²) in [5.41, 5.74) is 1.43. The number of phenols is 1. The Morgan fingerprint density at radius 2 is 1.88 bits per heavy atom. The molecule has 88 valence electrons. The fourth-order valence-corrected chi connectivity index (χ4v) is 1.72. The van der Waals surface area contributed by atoms with Gasteiger partial charge in [0, 0.05) is 6.07 Å². The molecule has 0 aliphatic carbocycles. The highest BCUT2D eigenvalue weighted by Crippen LogP contribution is 2.31. The van der Waals surface area contributed by atoms with E-state index in [0.29, 0.717) is 16.9 Å². The second kappa shape index (κ2) is 4.63. The third-order valence-electron chi connectivity index (χ3n) is 2.38. The van der Waals surface area contributed by atoms with Crippen LogP contribution in [0.25, 0.3) is 11.1 Å². The molecular formula is C13H10ClFO2. The molecule has 0 radical (unpaired) electrons. The van der Waals surface area contributed by atoms with Crippen LogP contribution in [0, 0.1) is 5.82 Å². The highest BCUT2D eigenvalue weighted by molar-refractivity contribution is 6.31. The fourth-order valence-electron chi connectivity index (χ4n) is 1.54. The van der Waals surface area contributed by atoms with Crippen LogP contribution in [0.15, 0.2) is 36.4 Å². The second-order valence-electron chi connectivity index (χ2n) is 3.55. The highest BCUT2D eigenvalue weighted by atomic mass is 35.5. The van der Waals surface area contributed by atoms with Gasteiger partial charge in [-0.15, -0.1) is 0 Å². The van der Waals surface area contributed by atoms with Crippen LogP contribution in [-0.4, -0.2) is 12.2 Å². The number of benzene rings is 2. The second-order valence-corrected chi connectivity index (χ2v) is 3.96. The van der Waals surface area contributed by atoms with E-state index >= 15 is 0 Å². The van der Waals surface area contributed by atoms with Gasteiger partial charge in [0.2, 0.25) is 0 Å². The summed E-state index contributed by atoms with van der Waals surface area (Å²) in [4.78, 5) is 0. The lowest BCUT2D eigenvalue weighted by Gasteiger charge is -2.07. The Labute approximate surface area is 103 Å². The molecule has 2 rings (SSSR count). The molecule has 2 nitrogen and oxygen atoms in total. The number of halogens is 2. The van der Waals surface area contributed by atoms with Crippen molar-refractivity contribution in [3.8, 4) is 22.6 Å². The van der Waals surface area contributed by atoms with Crippen molar-refractivity contribution in [3.05, 3.63) is 47.2 Å². The molecule has 0 fully saturated rings. The van der Waals surface area contributed by atoms with Gasteiger partial charge in [0.15, 0.2) is 0 Å². The van der Waals surface area contributed by atoms with Crippen LogP contribution in [0.1, 0.15) is 0 Å². The minimum absolute atomic E-state index is 0.0461. The van der Waals surface area contributed by atoms with Gasteiger partial charge in [-0.05, 0) is 35.4 Å². The average molecular weight is 253 g/mol. The largest absolute Gasteiger partial charge is 0.508 e. The molecule has 0 saturated heterocycles. The molecule has 0 bridgehead atoms. The normalized spacial score (nSPS) is 10.3. The lowest BCUT2D eigenvalue weighted by atomic mass is 10.1. The lowest BCUT2D eigenvalue weighted by Crippen LogP contribution is -1.85. The van der Waals surface area contributed by atoms with Crippen LogP contribution < -0.4 is 4.74 Å². The molecule has 2 aromatic rings. The van der Waals surface area contributed by atoms with Gasteiger partial charge in [-0.2, -0.15) is 0 Å². The zero-order chi connectivity index (χ0) is 12.4. The van der Waals surface area contributed by atoms with E-state index in [1.54, 1.807) is 18.2 Å². The van der Waals surface area contributed by atoms with E-state index in [2.05, 4.69) is 0 Å². The van der Waals surface area contributed by atoms with Crippen molar-refractivity contribution in [1.29, 1.82) is 0 Å². The standard InChI is InChI=1S/C13H10ClFO2/c1-17-11-5-9(4-10(16)7-11)8-2-3-13(15)12(14)6-8/h2-7,16H,1H3. The molecule has 0 amide bonds. The van der Waals surface area contributed by atoms with E-state index in [4.69, 9.17) is 16.3 Å². The molecule has 0 aliphatic rings. The van der Waals surface area contributed by atoms with Crippen molar-refractivity contribution in [2.45, 2.75) is 0 Å². The monoisotopic (exact) mass is 252 g/mol. The van der Waals surface area contributed by atoms with E-state index < -0.39 is 5.82 Å². The Bertz CT molecular complexity index is 555. The van der Waals surface area contributed by atoms with Crippen LogP contribution in [0.4, 0.5) is 4.39 Å². The number of phenolic OH excluding ortho intramolecular Hbond substituents is 1. The van der Waals surface area contributed by atoms with Crippen LogP contribution in [0.2, 0.25) is 5.02 Å². The predicted molar refractivity (Wildman–Crippen MR) is 65.1 cm³/mol. The minimum atomic E-state index is -0.470. The molecule has 1 N–H and O–H groups in total. The van der Waals surface area contributed by atoms with Crippen LogP contribution in [-0.2, 0) is 0 Å². The molecule has 0 atom stereocenters. The first kappa shape index (κ1) is 11.7. The van der Waals surface area contributed by atoms with E-state index in [9.17, 15) is 9.50 Å². The first-order chi connectivity index (χ1) is 8.10. The van der Waals surface area contributed by atoms with Gasteiger partial charge < -0.3 is 9.84 Å². The Morgan fingerprint density at radius 1 is 1.12 bits per heavy atom. The van der Waals surface area contributed by atoms with E-state index in [1.165, 1.54) is 25.3 Å². The number of rotatable bonds is 2. The topological polar surface area (TPSA) is 29.5 Å². The minimum Gasteiger partial charge on any atom is -0.508 e. The van der Waals surface area contributed by atoms with Crippen LogP contribution >= 0.6 is 11.6 Å². The van der Waals surface area contributed by atoms with E-state index in [-0.39, 0.29) is 10.8 Å². The van der Waals surface area contributed by atoms with Gasteiger partial charge in [0.1, 0.15) is 17.3 Å². The third-order valence-corrected chi connectivity index (χ3v) is 2.67. The molecule has 0 aliphatic heterocycles. The number of ether oxygens (including phenoxy) is 1. The number of hydrogen-bond donors (Lipinski definition) is 1. The van der Waals surface area contributed by atoms with Gasteiger partial charge in [0.25, 0.3) is 0 Å². The van der Waals surface area contributed by atoms with Gasteiger partial charge in [-0.3, -0.25) is 0 Å². The summed E-state index contributed by atoms with van der Waals surface area (Å²) in [5.74, 6) is 0.141. The van der Waals surface area contributed by atoms with Gasteiger partial charge in [-0.1, -0.05) is 17.7 Å². The van der Waals surface area contributed by atoms with Crippen molar-refractivity contribution in [1.82, 2.24) is 0 Å². The van der Waals surface area contributed by atoms with E-state index in [0.717, 1.165) is 0 Å². The molecule has 2 aromatic carbocycles. The molecular weight excluding hydrogens is 243 g/mol. The summed E-state index contributed by atoms with van der Waals surface area (Å²) in [6.07, 6.45) is 0. The summed E-state index contributed by atoms with van der Waals surface area (Å²) in [5, 5.41) is 9.57. The van der Waals surface area contributed by atoms with Crippen LogP contribution in [0.3, 0.4) is 0 Å². The highest BCUT2D eigenvalue weighted by Gasteiger charge is 2.06. The fraction of sp³-hybridized carbons (Fsp3) is 0.0769. The summed E-state index contributed by atoms with van der Waals surface area (Å²) >= 11 is 5.71. The first-order valence-corrected chi connectivity index (χ1v) is 5.31. The summed E-state index contributed by atoms with van der Waals surface area (Å²) in [6, 6.07) is 9.18. The van der Waals surface area contributed by atoms with E-state index in [1.807, 2.05) is 0 Å². The molecule has 0 heterocycles. The van der Waals surface area contributed by atoms with Crippen molar-refractivity contribution < 1.29 is 14.2 Å². The molecule has 17 heavy (non-hydrogen) atoms.